The highest BCUT2D eigenvalue weighted by Gasteiger charge is 2.13. The van der Waals surface area contributed by atoms with Crippen molar-refractivity contribution >= 4 is 0 Å². The fourth-order valence-corrected chi connectivity index (χ4v) is 1.85. The predicted octanol–water partition coefficient (Wildman–Crippen LogP) is 2.27. The Hall–Kier alpha value is -2.48. The third-order valence-electron chi connectivity index (χ3n) is 2.68. The maximum atomic E-state index is 8.78. The van der Waals surface area contributed by atoms with Crippen molar-refractivity contribution in [2.24, 2.45) is 0 Å². The number of imidazole rings is 1. The zero-order valence-electron chi connectivity index (χ0n) is 10.4. The third kappa shape index (κ3) is 2.00. The summed E-state index contributed by atoms with van der Waals surface area (Å²) in [6, 6.07) is 5.67. The van der Waals surface area contributed by atoms with E-state index in [1.165, 1.54) is 0 Å². The molecule has 0 aliphatic rings. The van der Waals surface area contributed by atoms with Gasteiger partial charge in [0.1, 0.15) is 17.6 Å². The van der Waals surface area contributed by atoms with Gasteiger partial charge in [-0.05, 0) is 18.6 Å². The van der Waals surface area contributed by atoms with Gasteiger partial charge in [-0.1, -0.05) is 0 Å². The lowest BCUT2D eigenvalue weighted by Gasteiger charge is -2.12. The molecule has 1 heterocycles. The zero-order chi connectivity index (χ0) is 13.1. The van der Waals surface area contributed by atoms with Gasteiger partial charge in [-0.3, -0.25) is 0 Å². The SMILES string of the molecule is COc1cc(C)c(-c2cnc(C#N)[nH]2)c(OC)c1. The molecule has 0 spiro atoms. The summed E-state index contributed by atoms with van der Waals surface area (Å²) in [5, 5.41) is 8.78. The predicted molar refractivity (Wildman–Crippen MR) is 66.6 cm³/mol. The number of hydrogen-bond donors (Lipinski definition) is 1. The van der Waals surface area contributed by atoms with Crippen LogP contribution in [0.4, 0.5) is 0 Å². The van der Waals surface area contributed by atoms with E-state index in [9.17, 15) is 0 Å². The van der Waals surface area contributed by atoms with E-state index in [-0.39, 0.29) is 5.82 Å². The van der Waals surface area contributed by atoms with Crippen molar-refractivity contribution in [3.63, 3.8) is 0 Å². The Labute approximate surface area is 105 Å². The number of nitriles is 1. The van der Waals surface area contributed by atoms with Crippen LogP contribution >= 0.6 is 0 Å². The summed E-state index contributed by atoms with van der Waals surface area (Å²) in [6.45, 7) is 1.95. The average Bonchev–Trinajstić information content (AvgIpc) is 2.85. The van der Waals surface area contributed by atoms with Gasteiger partial charge in [0.15, 0.2) is 0 Å². The number of aryl methyl sites for hydroxylation is 1. The van der Waals surface area contributed by atoms with Crippen molar-refractivity contribution in [3.8, 4) is 28.8 Å². The van der Waals surface area contributed by atoms with Gasteiger partial charge in [0.25, 0.3) is 0 Å². The molecule has 0 fully saturated rings. The summed E-state index contributed by atoms with van der Waals surface area (Å²) in [7, 11) is 3.21. The number of benzene rings is 1. The Bertz CT molecular complexity index is 611. The van der Waals surface area contributed by atoms with Gasteiger partial charge in [0.2, 0.25) is 5.82 Å². The van der Waals surface area contributed by atoms with Crippen molar-refractivity contribution < 1.29 is 9.47 Å². The van der Waals surface area contributed by atoms with Gasteiger partial charge >= 0.3 is 0 Å². The first-order chi connectivity index (χ1) is 8.69. The molecule has 0 bridgehead atoms. The summed E-state index contributed by atoms with van der Waals surface area (Å²) in [5.74, 6) is 1.69. The topological polar surface area (TPSA) is 70.9 Å². The van der Waals surface area contributed by atoms with Gasteiger partial charge < -0.3 is 14.5 Å². The number of H-pyrrole nitrogens is 1. The molecular formula is C13H13N3O2. The molecule has 1 N–H and O–H groups in total. The number of hydrogen-bond acceptors (Lipinski definition) is 4. The average molecular weight is 243 g/mol. The second-order valence-electron chi connectivity index (χ2n) is 3.78. The van der Waals surface area contributed by atoms with Crippen LogP contribution in [0.3, 0.4) is 0 Å². The van der Waals surface area contributed by atoms with Crippen molar-refractivity contribution in [2.45, 2.75) is 6.92 Å². The van der Waals surface area contributed by atoms with Gasteiger partial charge in [-0.15, -0.1) is 0 Å². The Morgan fingerprint density at radius 2 is 2.06 bits per heavy atom. The minimum atomic E-state index is 0.280. The maximum Gasteiger partial charge on any atom is 0.210 e. The van der Waals surface area contributed by atoms with Crippen LogP contribution in [0.15, 0.2) is 18.3 Å². The molecule has 1 aromatic heterocycles. The van der Waals surface area contributed by atoms with E-state index < -0.39 is 0 Å². The number of nitrogens with one attached hydrogen (secondary N) is 1. The van der Waals surface area contributed by atoms with Crippen LogP contribution in [0.2, 0.25) is 0 Å². The van der Waals surface area contributed by atoms with Crippen molar-refractivity contribution in [1.82, 2.24) is 9.97 Å². The van der Waals surface area contributed by atoms with E-state index in [0.29, 0.717) is 5.75 Å². The lowest BCUT2D eigenvalue weighted by molar-refractivity contribution is 0.395. The first kappa shape index (κ1) is 12.0. The molecular weight excluding hydrogens is 230 g/mol. The lowest BCUT2D eigenvalue weighted by Crippen LogP contribution is -1.94. The Kier molecular flexibility index (Phi) is 3.20. The van der Waals surface area contributed by atoms with Crippen LogP contribution in [0, 0.1) is 18.3 Å². The van der Waals surface area contributed by atoms with Gasteiger partial charge in [0.05, 0.1) is 26.1 Å². The number of methoxy groups -OCH3 is 2. The van der Waals surface area contributed by atoms with Crippen LogP contribution in [0.25, 0.3) is 11.3 Å². The van der Waals surface area contributed by atoms with Crippen molar-refractivity contribution in [3.05, 3.63) is 29.7 Å². The maximum absolute atomic E-state index is 8.78. The molecule has 2 aromatic rings. The minimum absolute atomic E-state index is 0.280. The third-order valence-corrected chi connectivity index (χ3v) is 2.68. The second-order valence-corrected chi connectivity index (χ2v) is 3.78. The van der Waals surface area contributed by atoms with Gasteiger partial charge in [0, 0.05) is 11.6 Å². The fourth-order valence-electron chi connectivity index (χ4n) is 1.85. The Balaban J connectivity index is 2.59. The van der Waals surface area contributed by atoms with Crippen LogP contribution in [-0.2, 0) is 0 Å². The van der Waals surface area contributed by atoms with E-state index in [4.69, 9.17) is 14.7 Å². The van der Waals surface area contributed by atoms with Crippen LogP contribution < -0.4 is 9.47 Å². The van der Waals surface area contributed by atoms with Crippen LogP contribution in [-0.4, -0.2) is 24.2 Å². The van der Waals surface area contributed by atoms with Crippen LogP contribution in [0.5, 0.6) is 11.5 Å². The van der Waals surface area contributed by atoms with E-state index in [1.54, 1.807) is 26.5 Å². The Morgan fingerprint density at radius 1 is 1.28 bits per heavy atom. The molecule has 5 nitrogen and oxygen atoms in total. The van der Waals surface area contributed by atoms with Gasteiger partial charge in [-0.2, -0.15) is 5.26 Å². The summed E-state index contributed by atoms with van der Waals surface area (Å²) < 4.78 is 10.6. The summed E-state index contributed by atoms with van der Waals surface area (Å²) in [4.78, 5) is 6.91. The fraction of sp³-hybridized carbons (Fsp3) is 0.231. The highest BCUT2D eigenvalue weighted by molar-refractivity contribution is 5.72. The van der Waals surface area contributed by atoms with E-state index in [2.05, 4.69) is 9.97 Å². The number of ether oxygens (including phenoxy) is 2. The summed E-state index contributed by atoms with van der Waals surface area (Å²) >= 11 is 0. The first-order valence-electron chi connectivity index (χ1n) is 5.37. The molecule has 2 rings (SSSR count). The highest BCUT2D eigenvalue weighted by atomic mass is 16.5. The lowest BCUT2D eigenvalue weighted by atomic mass is 10.0. The van der Waals surface area contributed by atoms with E-state index in [1.807, 2.05) is 19.1 Å². The smallest absolute Gasteiger partial charge is 0.210 e. The van der Waals surface area contributed by atoms with Crippen molar-refractivity contribution in [2.75, 3.05) is 14.2 Å². The molecule has 0 unspecified atom stereocenters. The molecule has 0 saturated heterocycles. The molecule has 0 aliphatic carbocycles. The van der Waals surface area contributed by atoms with E-state index in [0.717, 1.165) is 22.6 Å². The zero-order valence-corrected chi connectivity index (χ0v) is 10.4. The molecule has 1 aromatic carbocycles. The van der Waals surface area contributed by atoms with E-state index >= 15 is 0 Å². The molecule has 0 radical (unpaired) electrons. The molecule has 0 amide bonds. The normalized spacial score (nSPS) is 9.89. The number of rotatable bonds is 3. The molecule has 0 atom stereocenters. The standard InChI is InChI=1S/C13H13N3O2/c1-8-4-9(17-2)5-11(18-3)13(8)10-7-15-12(6-14)16-10/h4-5,7H,1-3H3,(H,15,16). The summed E-state index contributed by atoms with van der Waals surface area (Å²) in [6.07, 6.45) is 1.62. The Morgan fingerprint density at radius 3 is 2.61 bits per heavy atom. The second kappa shape index (κ2) is 4.80. The largest absolute Gasteiger partial charge is 0.497 e. The monoisotopic (exact) mass is 243 g/mol. The molecule has 5 heteroatoms. The van der Waals surface area contributed by atoms with Crippen molar-refractivity contribution in [1.29, 1.82) is 5.26 Å². The molecule has 0 aliphatic heterocycles. The quantitative estimate of drug-likeness (QED) is 0.897. The van der Waals surface area contributed by atoms with Crippen LogP contribution in [0.1, 0.15) is 11.4 Å². The summed E-state index contributed by atoms with van der Waals surface area (Å²) in [5.41, 5.74) is 2.62. The van der Waals surface area contributed by atoms with Gasteiger partial charge in [-0.25, -0.2) is 4.98 Å². The first-order valence-corrected chi connectivity index (χ1v) is 5.37. The number of nitrogens with zero attached hydrogens (tertiary/aromatic N) is 2. The highest BCUT2D eigenvalue weighted by Crippen LogP contribution is 2.35. The number of aromatic amines is 1. The molecule has 92 valence electrons. The molecule has 18 heavy (non-hydrogen) atoms. The number of aromatic nitrogens is 2. The molecule has 0 saturated carbocycles. The minimum Gasteiger partial charge on any atom is -0.497 e.